The molecule has 0 saturated heterocycles. The molecule has 0 bridgehead atoms. The van der Waals surface area contributed by atoms with E-state index in [0.29, 0.717) is 6.54 Å². The molecule has 4 heteroatoms. The molecule has 0 saturated carbocycles. The number of aliphatic carboxylic acids is 1. The van der Waals surface area contributed by atoms with E-state index in [0.717, 1.165) is 35.3 Å². The highest BCUT2D eigenvalue weighted by Gasteiger charge is 2.10. The van der Waals surface area contributed by atoms with Crippen LogP contribution in [0.2, 0.25) is 0 Å². The third-order valence-corrected chi connectivity index (χ3v) is 2.98. The van der Waals surface area contributed by atoms with Crippen molar-refractivity contribution in [3.63, 3.8) is 0 Å². The van der Waals surface area contributed by atoms with Crippen LogP contribution in [0.15, 0.2) is 35.9 Å². The molecule has 0 unspecified atom stereocenters. The molecular weight excluding hydrogens is 240 g/mol. The minimum atomic E-state index is -0.904. The summed E-state index contributed by atoms with van der Waals surface area (Å²) in [5, 5.41) is 8.80. The van der Waals surface area contributed by atoms with Crippen LogP contribution >= 0.6 is 0 Å². The number of rotatable bonds is 5. The van der Waals surface area contributed by atoms with E-state index in [1.54, 1.807) is 0 Å². The van der Waals surface area contributed by atoms with Crippen LogP contribution in [-0.2, 0) is 17.8 Å². The molecule has 100 valence electrons. The number of para-hydroxylation sites is 2. The summed E-state index contributed by atoms with van der Waals surface area (Å²) in [5.41, 5.74) is 2.84. The van der Waals surface area contributed by atoms with Gasteiger partial charge >= 0.3 is 5.97 Å². The SMILES string of the molecule is CCCc1nc2ccccc2n1C/C(C)=C/C(=O)O. The maximum absolute atomic E-state index is 10.7. The van der Waals surface area contributed by atoms with Crippen LogP contribution in [0.3, 0.4) is 0 Å². The number of fused-ring (bicyclic) bond motifs is 1. The van der Waals surface area contributed by atoms with Crippen LogP contribution in [0.25, 0.3) is 11.0 Å². The molecule has 1 aromatic heterocycles. The standard InChI is InChI=1S/C15H18N2O2/c1-3-6-14-16-12-7-4-5-8-13(12)17(14)10-11(2)9-15(18)19/h4-5,7-9H,3,6,10H2,1-2H3,(H,18,19)/b11-9+. The van der Waals surface area contributed by atoms with Gasteiger partial charge in [-0.25, -0.2) is 9.78 Å². The van der Waals surface area contributed by atoms with E-state index in [-0.39, 0.29) is 0 Å². The Kier molecular flexibility index (Phi) is 4.00. The van der Waals surface area contributed by atoms with Gasteiger partial charge < -0.3 is 9.67 Å². The summed E-state index contributed by atoms with van der Waals surface area (Å²) in [5.74, 6) is 0.112. The second-order valence-corrected chi connectivity index (χ2v) is 4.68. The number of hydrogen-bond donors (Lipinski definition) is 1. The third-order valence-electron chi connectivity index (χ3n) is 2.98. The summed E-state index contributed by atoms with van der Waals surface area (Å²) in [4.78, 5) is 15.3. The molecule has 1 heterocycles. The second kappa shape index (κ2) is 5.69. The van der Waals surface area contributed by atoms with E-state index in [2.05, 4.69) is 16.5 Å². The molecule has 0 aliphatic carbocycles. The second-order valence-electron chi connectivity index (χ2n) is 4.68. The largest absolute Gasteiger partial charge is 0.478 e. The number of hydrogen-bond acceptors (Lipinski definition) is 2. The van der Waals surface area contributed by atoms with Gasteiger partial charge in [-0.05, 0) is 31.1 Å². The Morgan fingerprint density at radius 3 is 2.84 bits per heavy atom. The summed E-state index contributed by atoms with van der Waals surface area (Å²) < 4.78 is 2.10. The normalized spacial score (nSPS) is 12.0. The van der Waals surface area contributed by atoms with Crippen LogP contribution in [0.1, 0.15) is 26.1 Å². The van der Waals surface area contributed by atoms with Crippen molar-refractivity contribution in [2.24, 2.45) is 0 Å². The number of imidazole rings is 1. The molecule has 19 heavy (non-hydrogen) atoms. The van der Waals surface area contributed by atoms with E-state index in [1.165, 1.54) is 6.08 Å². The summed E-state index contributed by atoms with van der Waals surface area (Å²) in [6.07, 6.45) is 3.17. The fraction of sp³-hybridized carbons (Fsp3) is 0.333. The summed E-state index contributed by atoms with van der Waals surface area (Å²) in [6, 6.07) is 7.96. The smallest absolute Gasteiger partial charge is 0.328 e. The van der Waals surface area contributed by atoms with Gasteiger partial charge in [0.2, 0.25) is 0 Å². The van der Waals surface area contributed by atoms with Crippen molar-refractivity contribution in [1.82, 2.24) is 9.55 Å². The van der Waals surface area contributed by atoms with Crippen molar-refractivity contribution >= 4 is 17.0 Å². The average molecular weight is 258 g/mol. The quantitative estimate of drug-likeness (QED) is 0.839. The maximum Gasteiger partial charge on any atom is 0.328 e. The van der Waals surface area contributed by atoms with Gasteiger partial charge in [0.05, 0.1) is 11.0 Å². The van der Waals surface area contributed by atoms with Crippen molar-refractivity contribution in [3.8, 4) is 0 Å². The average Bonchev–Trinajstić information content (AvgIpc) is 2.67. The first kappa shape index (κ1) is 13.3. The predicted octanol–water partition coefficient (Wildman–Crippen LogP) is 3.02. The molecule has 0 radical (unpaired) electrons. The van der Waals surface area contributed by atoms with Crippen molar-refractivity contribution in [2.45, 2.75) is 33.2 Å². The number of benzene rings is 1. The Morgan fingerprint density at radius 1 is 1.42 bits per heavy atom. The number of carboxylic acid groups (broad SMARTS) is 1. The minimum absolute atomic E-state index is 0.572. The monoisotopic (exact) mass is 258 g/mol. The van der Waals surface area contributed by atoms with Gasteiger partial charge in [-0.15, -0.1) is 0 Å². The molecular formula is C15H18N2O2. The molecule has 1 aromatic carbocycles. The zero-order valence-corrected chi connectivity index (χ0v) is 11.3. The van der Waals surface area contributed by atoms with Crippen LogP contribution in [0, 0.1) is 0 Å². The van der Waals surface area contributed by atoms with Gasteiger partial charge in [0.25, 0.3) is 0 Å². The summed E-state index contributed by atoms with van der Waals surface area (Å²) >= 11 is 0. The fourth-order valence-corrected chi connectivity index (χ4v) is 2.22. The first-order valence-electron chi connectivity index (χ1n) is 6.46. The Labute approximate surface area is 112 Å². The van der Waals surface area contributed by atoms with Gasteiger partial charge in [-0.1, -0.05) is 19.1 Å². The van der Waals surface area contributed by atoms with E-state index in [9.17, 15) is 4.79 Å². The van der Waals surface area contributed by atoms with Crippen LogP contribution < -0.4 is 0 Å². The summed E-state index contributed by atoms with van der Waals surface area (Å²) in [7, 11) is 0. The molecule has 2 aromatic rings. The molecule has 0 amide bonds. The lowest BCUT2D eigenvalue weighted by molar-refractivity contribution is -0.131. The zero-order valence-electron chi connectivity index (χ0n) is 11.3. The Bertz CT molecular complexity index is 626. The van der Waals surface area contributed by atoms with E-state index >= 15 is 0 Å². The van der Waals surface area contributed by atoms with Crippen LogP contribution in [-0.4, -0.2) is 20.6 Å². The van der Waals surface area contributed by atoms with Crippen molar-refractivity contribution in [1.29, 1.82) is 0 Å². The molecule has 2 rings (SSSR count). The van der Waals surface area contributed by atoms with Gasteiger partial charge in [0.15, 0.2) is 0 Å². The number of nitrogens with zero attached hydrogens (tertiary/aromatic N) is 2. The number of aryl methyl sites for hydroxylation is 1. The fourth-order valence-electron chi connectivity index (χ4n) is 2.22. The lowest BCUT2D eigenvalue weighted by Crippen LogP contribution is -2.06. The molecule has 0 atom stereocenters. The minimum Gasteiger partial charge on any atom is -0.478 e. The lowest BCUT2D eigenvalue weighted by Gasteiger charge is -2.08. The Hall–Kier alpha value is -2.10. The van der Waals surface area contributed by atoms with E-state index < -0.39 is 5.97 Å². The van der Waals surface area contributed by atoms with Crippen LogP contribution in [0.4, 0.5) is 0 Å². The highest BCUT2D eigenvalue weighted by Crippen LogP contribution is 2.18. The Balaban J connectivity index is 2.44. The molecule has 4 nitrogen and oxygen atoms in total. The van der Waals surface area contributed by atoms with E-state index in [4.69, 9.17) is 5.11 Å². The van der Waals surface area contributed by atoms with E-state index in [1.807, 2.05) is 31.2 Å². The van der Waals surface area contributed by atoms with Gasteiger partial charge in [0, 0.05) is 19.0 Å². The number of aromatic nitrogens is 2. The lowest BCUT2D eigenvalue weighted by atomic mass is 10.2. The zero-order chi connectivity index (χ0) is 13.8. The van der Waals surface area contributed by atoms with Crippen molar-refractivity contribution in [2.75, 3.05) is 0 Å². The van der Waals surface area contributed by atoms with Crippen molar-refractivity contribution < 1.29 is 9.90 Å². The number of allylic oxidation sites excluding steroid dienone is 1. The molecule has 0 aliphatic rings. The van der Waals surface area contributed by atoms with Gasteiger partial charge in [-0.2, -0.15) is 0 Å². The highest BCUT2D eigenvalue weighted by molar-refractivity contribution is 5.80. The van der Waals surface area contributed by atoms with Gasteiger partial charge in [0.1, 0.15) is 5.82 Å². The molecule has 1 N–H and O–H groups in total. The first-order valence-corrected chi connectivity index (χ1v) is 6.46. The topological polar surface area (TPSA) is 55.1 Å². The molecule has 0 aliphatic heterocycles. The molecule has 0 fully saturated rings. The van der Waals surface area contributed by atoms with Crippen molar-refractivity contribution in [3.05, 3.63) is 41.7 Å². The number of carbonyl (C=O) groups is 1. The summed E-state index contributed by atoms with van der Waals surface area (Å²) in [6.45, 7) is 4.52. The molecule has 0 spiro atoms. The Morgan fingerprint density at radius 2 is 2.16 bits per heavy atom. The predicted molar refractivity (Wildman–Crippen MR) is 75.1 cm³/mol. The number of carboxylic acids is 1. The van der Waals surface area contributed by atoms with Crippen LogP contribution in [0.5, 0.6) is 0 Å². The maximum atomic E-state index is 10.7. The highest BCUT2D eigenvalue weighted by atomic mass is 16.4. The van der Waals surface area contributed by atoms with Gasteiger partial charge in [-0.3, -0.25) is 0 Å². The third kappa shape index (κ3) is 3.02. The first-order chi connectivity index (χ1) is 9.11.